The van der Waals surface area contributed by atoms with Gasteiger partial charge >= 0.3 is 0 Å². The number of rotatable bonds is 12. The van der Waals surface area contributed by atoms with Crippen molar-refractivity contribution in [2.24, 2.45) is 11.8 Å². The van der Waals surface area contributed by atoms with Crippen molar-refractivity contribution < 1.29 is 18.7 Å². The summed E-state index contributed by atoms with van der Waals surface area (Å²) in [4.78, 5) is 17.4. The van der Waals surface area contributed by atoms with Gasteiger partial charge in [-0.15, -0.1) is 0 Å². The number of carbonyl (C=O) groups is 1. The summed E-state index contributed by atoms with van der Waals surface area (Å²) in [6.45, 7) is 20.1. The number of halogens is 2. The number of nitrogens with one attached hydrogen (secondary N) is 1. The molecule has 0 radical (unpaired) electrons. The zero-order valence-electron chi connectivity index (χ0n) is 24.3. The van der Waals surface area contributed by atoms with E-state index in [2.05, 4.69) is 44.1 Å². The van der Waals surface area contributed by atoms with Gasteiger partial charge < -0.3 is 20.2 Å². The van der Waals surface area contributed by atoms with Gasteiger partial charge in [-0.1, -0.05) is 53.3 Å². The third-order valence-corrected chi connectivity index (χ3v) is 7.75. The number of thiol groups is 1. The maximum atomic E-state index is 14.2. The fourth-order valence-corrected chi connectivity index (χ4v) is 5.28. The number of benzene rings is 1. The van der Waals surface area contributed by atoms with Gasteiger partial charge in [0.15, 0.2) is 0 Å². The molecule has 39 heavy (non-hydrogen) atoms. The molecule has 2 N–H and O–H groups in total. The summed E-state index contributed by atoms with van der Waals surface area (Å²) >= 11 is 4.89. The van der Waals surface area contributed by atoms with E-state index < -0.39 is 17.5 Å². The second-order valence-electron chi connectivity index (χ2n) is 10.1. The second-order valence-corrected chi connectivity index (χ2v) is 10.7. The number of likely N-dealkylation sites (N-methyl/N-ethyl adjacent to an activating group) is 2. The maximum Gasteiger partial charge on any atom is 0.254 e. The van der Waals surface area contributed by atoms with E-state index >= 15 is 0 Å². The molecule has 0 bridgehead atoms. The molecule has 2 unspecified atom stereocenters. The third-order valence-electron chi connectivity index (χ3n) is 7.30. The van der Waals surface area contributed by atoms with Crippen molar-refractivity contribution in [1.29, 1.82) is 0 Å². The van der Waals surface area contributed by atoms with E-state index in [4.69, 9.17) is 12.6 Å². The van der Waals surface area contributed by atoms with Gasteiger partial charge in [-0.25, -0.2) is 8.78 Å². The molecule has 0 saturated heterocycles. The first-order valence-corrected chi connectivity index (χ1v) is 14.5. The van der Waals surface area contributed by atoms with E-state index in [1.807, 2.05) is 13.8 Å². The SMILES string of the molecule is C=C1C(O)=C(C(=C)N(CC)CC2CC2)N(C)C(C(S)CC(C)CC)=C1C(=O)NCc1ccc(F)cc1F.CC. The van der Waals surface area contributed by atoms with Crippen molar-refractivity contribution in [3.63, 3.8) is 0 Å². The Morgan fingerprint density at radius 2 is 1.92 bits per heavy atom. The summed E-state index contributed by atoms with van der Waals surface area (Å²) in [5.74, 6) is -1.08. The Kier molecular flexibility index (Phi) is 12.1. The molecule has 3 rings (SSSR count). The summed E-state index contributed by atoms with van der Waals surface area (Å²) < 4.78 is 27.5. The van der Waals surface area contributed by atoms with Crippen molar-refractivity contribution in [3.8, 4) is 0 Å². The Morgan fingerprint density at radius 1 is 1.28 bits per heavy atom. The molecule has 1 fully saturated rings. The number of aliphatic hydroxyl groups excluding tert-OH is 1. The van der Waals surface area contributed by atoms with Crippen molar-refractivity contribution in [1.82, 2.24) is 15.1 Å². The van der Waals surface area contributed by atoms with Crippen LogP contribution in [0.2, 0.25) is 0 Å². The first-order valence-electron chi connectivity index (χ1n) is 13.9. The lowest BCUT2D eigenvalue weighted by molar-refractivity contribution is -0.117. The highest BCUT2D eigenvalue weighted by Gasteiger charge is 2.37. The van der Waals surface area contributed by atoms with Gasteiger partial charge in [0, 0.05) is 54.8 Å². The molecule has 1 saturated carbocycles. The Balaban J connectivity index is 0.00000260. The lowest BCUT2D eigenvalue weighted by Crippen LogP contribution is -2.39. The van der Waals surface area contributed by atoms with Crippen LogP contribution in [-0.4, -0.2) is 46.2 Å². The van der Waals surface area contributed by atoms with Crippen molar-refractivity contribution in [2.75, 3.05) is 20.1 Å². The van der Waals surface area contributed by atoms with Crippen LogP contribution in [0.3, 0.4) is 0 Å². The molecule has 2 atom stereocenters. The van der Waals surface area contributed by atoms with Crippen LogP contribution in [0, 0.1) is 23.5 Å². The summed E-state index contributed by atoms with van der Waals surface area (Å²) in [6.07, 6.45) is 4.03. The maximum absolute atomic E-state index is 14.2. The molecular formula is C31H45F2N3O2S. The first kappa shape index (κ1) is 32.5. The molecule has 5 nitrogen and oxygen atoms in total. The zero-order chi connectivity index (χ0) is 29.4. The highest BCUT2D eigenvalue weighted by molar-refractivity contribution is 7.81. The fraction of sp³-hybridized carbons (Fsp3) is 0.516. The first-order chi connectivity index (χ1) is 18.5. The van der Waals surface area contributed by atoms with Gasteiger partial charge in [-0.2, -0.15) is 12.6 Å². The molecule has 1 amide bonds. The Morgan fingerprint density at radius 3 is 2.46 bits per heavy atom. The number of hydrogen-bond acceptors (Lipinski definition) is 5. The quantitative estimate of drug-likeness (QED) is 0.238. The highest BCUT2D eigenvalue weighted by Crippen LogP contribution is 2.40. The van der Waals surface area contributed by atoms with Gasteiger partial charge in [-0.05, 0) is 44.1 Å². The van der Waals surface area contributed by atoms with Gasteiger partial charge in [0.05, 0.1) is 11.3 Å². The summed E-state index contributed by atoms with van der Waals surface area (Å²) in [5.41, 5.74) is 2.32. The van der Waals surface area contributed by atoms with Gasteiger partial charge in [0.2, 0.25) is 0 Å². The minimum atomic E-state index is -0.741. The van der Waals surface area contributed by atoms with E-state index in [0.29, 0.717) is 35.3 Å². The summed E-state index contributed by atoms with van der Waals surface area (Å²) in [5, 5.41) is 13.7. The van der Waals surface area contributed by atoms with Gasteiger partial charge in [0.1, 0.15) is 23.1 Å². The summed E-state index contributed by atoms with van der Waals surface area (Å²) in [7, 11) is 1.80. The van der Waals surface area contributed by atoms with Gasteiger partial charge in [0.25, 0.3) is 5.91 Å². The molecule has 1 heterocycles. The predicted molar refractivity (Wildman–Crippen MR) is 159 cm³/mol. The highest BCUT2D eigenvalue weighted by atomic mass is 32.1. The predicted octanol–water partition coefficient (Wildman–Crippen LogP) is 7.11. The molecule has 1 aromatic rings. The number of allylic oxidation sites excluding steroid dienone is 1. The van der Waals surface area contributed by atoms with Crippen LogP contribution in [0.4, 0.5) is 8.78 Å². The van der Waals surface area contributed by atoms with Crippen molar-refractivity contribution in [3.05, 3.63) is 82.6 Å². The Bertz CT molecular complexity index is 1130. The average molecular weight is 562 g/mol. The molecule has 1 aliphatic heterocycles. The monoisotopic (exact) mass is 561 g/mol. The third kappa shape index (κ3) is 7.90. The fourth-order valence-electron chi connectivity index (χ4n) is 4.62. The number of nitrogens with zero attached hydrogens (tertiary/aromatic N) is 2. The molecular weight excluding hydrogens is 516 g/mol. The Hall–Kier alpha value is -2.74. The molecule has 1 aromatic carbocycles. The molecule has 1 aliphatic carbocycles. The molecule has 0 spiro atoms. The standard InChI is InChI=1S/C29H39F2N3O2S.C2H6/c1-7-17(3)13-24(37)27-25(29(36)32-15-21-11-12-22(30)14-23(21)31)18(4)28(35)26(33(27)6)19(5)34(8-2)16-20-9-10-20;1-2/h11-12,14,17,20,24,35,37H,4-5,7-10,13,15-16H2,1-3,6H3,(H,32,36);1-2H3. The molecule has 2 aliphatic rings. The van der Waals surface area contributed by atoms with Crippen LogP contribution in [0.5, 0.6) is 0 Å². The largest absolute Gasteiger partial charge is 0.505 e. The van der Waals surface area contributed by atoms with E-state index in [-0.39, 0.29) is 34.3 Å². The zero-order valence-corrected chi connectivity index (χ0v) is 25.2. The van der Waals surface area contributed by atoms with E-state index in [9.17, 15) is 18.7 Å². The van der Waals surface area contributed by atoms with Crippen LogP contribution in [-0.2, 0) is 11.3 Å². The van der Waals surface area contributed by atoms with E-state index in [1.54, 1.807) is 11.9 Å². The van der Waals surface area contributed by atoms with Crippen LogP contribution >= 0.6 is 12.6 Å². The minimum absolute atomic E-state index is 0.118. The topological polar surface area (TPSA) is 55.8 Å². The smallest absolute Gasteiger partial charge is 0.254 e. The van der Waals surface area contributed by atoms with E-state index in [1.165, 1.54) is 18.9 Å². The summed E-state index contributed by atoms with van der Waals surface area (Å²) in [6, 6.07) is 3.22. The van der Waals surface area contributed by atoms with Crippen LogP contribution in [0.1, 0.15) is 65.9 Å². The van der Waals surface area contributed by atoms with E-state index in [0.717, 1.165) is 31.6 Å². The van der Waals surface area contributed by atoms with Gasteiger partial charge in [-0.3, -0.25) is 4.79 Å². The minimum Gasteiger partial charge on any atom is -0.505 e. The van der Waals surface area contributed by atoms with Crippen molar-refractivity contribution in [2.45, 2.75) is 72.1 Å². The van der Waals surface area contributed by atoms with Crippen LogP contribution in [0.25, 0.3) is 0 Å². The normalized spacial score (nSPS) is 16.9. The van der Waals surface area contributed by atoms with Crippen LogP contribution in [0.15, 0.2) is 65.4 Å². The number of hydrogen-bond donors (Lipinski definition) is 3. The number of carbonyl (C=O) groups excluding carboxylic acids is 1. The molecule has 216 valence electrons. The number of amides is 1. The second kappa shape index (κ2) is 14.6. The molecule has 0 aromatic heterocycles. The van der Waals surface area contributed by atoms with Crippen molar-refractivity contribution >= 4 is 18.5 Å². The lowest BCUT2D eigenvalue weighted by atomic mass is 9.90. The average Bonchev–Trinajstić information content (AvgIpc) is 3.73. The Labute approximate surface area is 238 Å². The molecule has 8 heteroatoms. The number of aliphatic hydroxyl groups is 1. The van der Waals surface area contributed by atoms with Crippen LogP contribution < -0.4 is 5.32 Å². The lowest BCUT2D eigenvalue weighted by Gasteiger charge is -2.39.